The molecule has 0 amide bonds. The Morgan fingerprint density at radius 1 is 0.676 bits per heavy atom. The average molecular weight is 493 g/mol. The van der Waals surface area contributed by atoms with Crippen LogP contribution in [0.15, 0.2) is 54.3 Å². The quantitative estimate of drug-likeness (QED) is 0.140. The van der Waals surface area contributed by atoms with Crippen molar-refractivity contribution in [2.45, 2.75) is 124 Å². The highest BCUT2D eigenvalue weighted by molar-refractivity contribution is 5.85. The molecule has 0 aromatic heterocycles. The maximum absolute atomic E-state index is 6.13. The summed E-state index contributed by atoms with van der Waals surface area (Å²) in [6.45, 7) is 8.67. The molecular formula is C31H57ClN2. The van der Waals surface area contributed by atoms with Crippen LogP contribution in [0, 0.1) is 0 Å². The maximum atomic E-state index is 6.13. The van der Waals surface area contributed by atoms with E-state index < -0.39 is 0 Å². The first-order valence-electron chi connectivity index (χ1n) is 14.1. The minimum absolute atomic E-state index is 0. The first kappa shape index (κ1) is 34.9. The van der Waals surface area contributed by atoms with Crippen LogP contribution >= 0.6 is 12.4 Å². The molecule has 0 aliphatic heterocycles. The molecule has 34 heavy (non-hydrogen) atoms. The van der Waals surface area contributed by atoms with E-state index in [0.29, 0.717) is 0 Å². The number of nitrogens with two attached hydrogens (primary N) is 1. The summed E-state index contributed by atoms with van der Waals surface area (Å²) in [6, 6.07) is 10.5. The van der Waals surface area contributed by atoms with E-state index >= 15 is 0 Å². The summed E-state index contributed by atoms with van der Waals surface area (Å²) in [5.41, 5.74) is 8.44. The van der Waals surface area contributed by atoms with E-state index in [1.807, 2.05) is 0 Å². The summed E-state index contributed by atoms with van der Waals surface area (Å²) in [5, 5.41) is 3.11. The molecule has 1 rings (SSSR count). The largest absolute Gasteiger partial charge is 0.402 e. The summed E-state index contributed by atoms with van der Waals surface area (Å²) in [5.74, 6) is 0. The summed E-state index contributed by atoms with van der Waals surface area (Å²) in [4.78, 5) is 0. The van der Waals surface area contributed by atoms with Crippen LogP contribution in [0.3, 0.4) is 0 Å². The predicted molar refractivity (Wildman–Crippen MR) is 158 cm³/mol. The highest BCUT2D eigenvalue weighted by atomic mass is 35.5. The molecular weight excluding hydrogens is 436 g/mol. The molecule has 3 heteroatoms. The third-order valence-corrected chi connectivity index (χ3v) is 5.87. The van der Waals surface area contributed by atoms with Crippen molar-refractivity contribution in [1.82, 2.24) is 5.32 Å². The molecule has 0 heterocycles. The Morgan fingerprint density at radius 3 is 1.62 bits per heavy atom. The fourth-order valence-corrected chi connectivity index (χ4v) is 3.83. The molecule has 0 fully saturated rings. The molecule has 0 atom stereocenters. The smallest absolute Gasteiger partial charge is 0.0118 e. The normalized spacial score (nSPS) is 11.2. The number of hydrogen-bond donors (Lipinski definition) is 2. The van der Waals surface area contributed by atoms with Gasteiger partial charge in [-0.2, -0.15) is 0 Å². The second-order valence-corrected chi connectivity index (χ2v) is 9.13. The molecule has 3 N–H and O–H groups in total. The number of hydrogen-bond acceptors (Lipinski definition) is 2. The van der Waals surface area contributed by atoms with Crippen molar-refractivity contribution >= 4 is 12.4 Å². The fraction of sp³-hybridized carbons (Fsp3) is 0.677. The lowest BCUT2D eigenvalue weighted by molar-refractivity contribution is 0.598. The zero-order valence-corrected chi connectivity index (χ0v) is 23.6. The highest BCUT2D eigenvalue weighted by Crippen LogP contribution is 2.11. The lowest BCUT2D eigenvalue weighted by Crippen LogP contribution is -2.09. The van der Waals surface area contributed by atoms with Gasteiger partial charge in [0, 0.05) is 12.1 Å². The van der Waals surface area contributed by atoms with Crippen LogP contribution in [0.1, 0.15) is 123 Å². The Kier molecular flexibility index (Phi) is 30.6. The molecule has 0 unspecified atom stereocenters. The van der Waals surface area contributed by atoms with Gasteiger partial charge in [-0.25, -0.2) is 0 Å². The Labute approximate surface area is 219 Å². The van der Waals surface area contributed by atoms with Crippen molar-refractivity contribution in [1.29, 1.82) is 0 Å². The standard InChI is InChI=1S/C27H45N.C4H11N.ClH/c1-2-3-4-5-6-7-8-9-10-11-12-13-14-15-16-17-21-24-27(28)25-26-22-19-18-20-23-26;1-3-5-4-2;/h9-10,18-20,22-24H,2-8,11-17,21,25,28H2,1H3;5H,3-4H2,1-2H3;1H. The number of benzene rings is 1. The van der Waals surface area contributed by atoms with Gasteiger partial charge in [0.15, 0.2) is 0 Å². The molecule has 0 aliphatic rings. The maximum Gasteiger partial charge on any atom is 0.0118 e. The van der Waals surface area contributed by atoms with E-state index in [1.165, 1.54) is 95.5 Å². The van der Waals surface area contributed by atoms with Crippen LogP contribution in [0.2, 0.25) is 0 Å². The van der Waals surface area contributed by atoms with Crippen LogP contribution in [0.4, 0.5) is 0 Å². The van der Waals surface area contributed by atoms with Gasteiger partial charge in [-0.15, -0.1) is 12.4 Å². The Bertz CT molecular complexity index is 552. The molecule has 0 saturated carbocycles. The first-order chi connectivity index (χ1) is 16.2. The summed E-state index contributed by atoms with van der Waals surface area (Å²) < 4.78 is 0. The van der Waals surface area contributed by atoms with Crippen molar-refractivity contribution in [3.8, 4) is 0 Å². The first-order valence-corrected chi connectivity index (χ1v) is 14.1. The van der Waals surface area contributed by atoms with Gasteiger partial charge in [0.05, 0.1) is 0 Å². The third kappa shape index (κ3) is 27.0. The van der Waals surface area contributed by atoms with Crippen LogP contribution < -0.4 is 11.1 Å². The summed E-state index contributed by atoms with van der Waals surface area (Å²) >= 11 is 0. The molecule has 2 nitrogen and oxygen atoms in total. The van der Waals surface area contributed by atoms with Crippen LogP contribution in [0.25, 0.3) is 0 Å². The molecule has 0 bridgehead atoms. The van der Waals surface area contributed by atoms with Gasteiger partial charge in [-0.3, -0.25) is 0 Å². The van der Waals surface area contributed by atoms with Crippen LogP contribution in [-0.4, -0.2) is 13.1 Å². The van der Waals surface area contributed by atoms with E-state index in [2.05, 4.69) is 74.6 Å². The SMILES string of the molecule is CCCCCCCCC=CCCCCCCCCC=C(N)Cc1ccccc1.CCNCC.Cl. The molecule has 0 radical (unpaired) electrons. The molecule has 0 aliphatic carbocycles. The van der Waals surface area contributed by atoms with E-state index in [0.717, 1.165) is 31.6 Å². The van der Waals surface area contributed by atoms with E-state index in [-0.39, 0.29) is 12.4 Å². The van der Waals surface area contributed by atoms with Crippen LogP contribution in [-0.2, 0) is 6.42 Å². The van der Waals surface area contributed by atoms with Gasteiger partial charge >= 0.3 is 0 Å². The van der Waals surface area contributed by atoms with E-state index in [4.69, 9.17) is 5.73 Å². The minimum atomic E-state index is 0. The number of nitrogens with one attached hydrogen (secondary N) is 1. The lowest BCUT2D eigenvalue weighted by Gasteiger charge is -2.03. The van der Waals surface area contributed by atoms with E-state index in [1.54, 1.807) is 0 Å². The van der Waals surface area contributed by atoms with Gasteiger partial charge in [0.25, 0.3) is 0 Å². The Morgan fingerprint density at radius 2 is 1.15 bits per heavy atom. The van der Waals surface area contributed by atoms with Crippen molar-refractivity contribution in [3.63, 3.8) is 0 Å². The highest BCUT2D eigenvalue weighted by Gasteiger charge is 1.95. The van der Waals surface area contributed by atoms with Crippen LogP contribution in [0.5, 0.6) is 0 Å². The second kappa shape index (κ2) is 29.8. The van der Waals surface area contributed by atoms with Gasteiger partial charge in [-0.1, -0.05) is 127 Å². The van der Waals surface area contributed by atoms with Crippen molar-refractivity contribution in [2.75, 3.05) is 13.1 Å². The monoisotopic (exact) mass is 492 g/mol. The van der Waals surface area contributed by atoms with Gasteiger partial charge < -0.3 is 11.1 Å². The number of rotatable bonds is 20. The average Bonchev–Trinajstić information content (AvgIpc) is 2.82. The summed E-state index contributed by atoms with van der Waals surface area (Å²) in [6.07, 6.45) is 28.1. The number of allylic oxidation sites excluding steroid dienone is 4. The third-order valence-electron chi connectivity index (χ3n) is 5.87. The zero-order valence-electron chi connectivity index (χ0n) is 22.8. The van der Waals surface area contributed by atoms with Gasteiger partial charge in [0.1, 0.15) is 0 Å². The van der Waals surface area contributed by atoms with Crippen molar-refractivity contribution < 1.29 is 0 Å². The van der Waals surface area contributed by atoms with Gasteiger partial charge in [-0.05, 0) is 57.2 Å². The molecule has 198 valence electrons. The lowest BCUT2D eigenvalue weighted by atomic mass is 10.1. The number of unbranched alkanes of at least 4 members (excludes halogenated alkanes) is 13. The topological polar surface area (TPSA) is 38.0 Å². The number of halogens is 1. The van der Waals surface area contributed by atoms with Gasteiger partial charge in [0.2, 0.25) is 0 Å². The molecule has 0 spiro atoms. The molecule has 0 saturated heterocycles. The second-order valence-electron chi connectivity index (χ2n) is 9.13. The molecule has 1 aromatic rings. The minimum Gasteiger partial charge on any atom is -0.402 e. The van der Waals surface area contributed by atoms with Crippen molar-refractivity contribution in [3.05, 3.63) is 59.8 Å². The fourth-order valence-electron chi connectivity index (χ4n) is 3.83. The zero-order chi connectivity index (χ0) is 24.2. The van der Waals surface area contributed by atoms with E-state index in [9.17, 15) is 0 Å². The van der Waals surface area contributed by atoms with Crippen molar-refractivity contribution in [2.24, 2.45) is 5.73 Å². The predicted octanol–water partition coefficient (Wildman–Crippen LogP) is 9.54. The molecule has 1 aromatic carbocycles. The Balaban J connectivity index is 0. The Hall–Kier alpha value is -1.25. The summed E-state index contributed by atoms with van der Waals surface area (Å²) in [7, 11) is 0.